The molecule has 2 heterocycles. The second-order valence-electron chi connectivity index (χ2n) is 5.45. The van der Waals surface area contributed by atoms with Crippen LogP contribution in [0.4, 0.5) is 22.2 Å². The van der Waals surface area contributed by atoms with Gasteiger partial charge in [-0.25, -0.2) is 4.79 Å². The van der Waals surface area contributed by atoms with E-state index in [0.29, 0.717) is 49.6 Å². The molecule has 1 aromatic heterocycles. The molecule has 1 aromatic carbocycles. The molecule has 132 valence electrons. The van der Waals surface area contributed by atoms with E-state index in [1.807, 2.05) is 17.0 Å². The summed E-state index contributed by atoms with van der Waals surface area (Å²) in [5, 5.41) is 11.9. The third-order valence-corrected chi connectivity index (χ3v) is 3.97. The van der Waals surface area contributed by atoms with Gasteiger partial charge in [-0.1, -0.05) is 17.7 Å². The highest BCUT2D eigenvalue weighted by molar-refractivity contribution is 6.30. The predicted molar refractivity (Wildman–Crippen MR) is 95.4 cm³/mol. The lowest BCUT2D eigenvalue weighted by Gasteiger charge is -2.33. The summed E-state index contributed by atoms with van der Waals surface area (Å²) in [5.41, 5.74) is 0.825. The third-order valence-electron chi connectivity index (χ3n) is 3.73. The van der Waals surface area contributed by atoms with Crippen LogP contribution >= 0.6 is 11.6 Å². The van der Waals surface area contributed by atoms with Crippen LogP contribution in [0.3, 0.4) is 0 Å². The number of hydrogen-bond acceptors (Lipinski definition) is 7. The Labute approximate surface area is 150 Å². The molecule has 9 heteroatoms. The number of nitrogens with one attached hydrogen (secondary N) is 1. The molecule has 2 aromatic rings. The smallest absolute Gasteiger partial charge is 0.409 e. The molecule has 0 saturated carbocycles. The quantitative estimate of drug-likeness (QED) is 0.894. The molecule has 0 aliphatic carbocycles. The topological polar surface area (TPSA) is 83.5 Å². The summed E-state index contributed by atoms with van der Waals surface area (Å²) in [6.07, 6.45) is 1.27. The van der Waals surface area contributed by atoms with E-state index in [9.17, 15) is 4.79 Å². The highest BCUT2D eigenvalue weighted by Crippen LogP contribution is 2.20. The van der Waals surface area contributed by atoms with Gasteiger partial charge in [-0.05, 0) is 25.1 Å². The predicted octanol–water partition coefficient (Wildman–Crippen LogP) is 2.55. The minimum atomic E-state index is -0.280. The SMILES string of the molecule is CCOC(=O)N1CCN(c2nncc(Nc3cccc(Cl)c3)n2)CC1. The molecule has 25 heavy (non-hydrogen) atoms. The van der Waals surface area contributed by atoms with Gasteiger partial charge < -0.3 is 19.9 Å². The number of aromatic nitrogens is 3. The Bertz CT molecular complexity index is 736. The zero-order valence-electron chi connectivity index (χ0n) is 13.9. The molecule has 0 radical (unpaired) electrons. The summed E-state index contributed by atoms with van der Waals surface area (Å²) in [4.78, 5) is 19.9. The van der Waals surface area contributed by atoms with E-state index < -0.39 is 0 Å². The molecule has 0 unspecified atom stereocenters. The van der Waals surface area contributed by atoms with E-state index in [0.717, 1.165) is 5.69 Å². The number of ether oxygens (including phenoxy) is 1. The van der Waals surface area contributed by atoms with Gasteiger partial charge in [0.1, 0.15) is 0 Å². The van der Waals surface area contributed by atoms with Gasteiger partial charge in [0.25, 0.3) is 0 Å². The normalized spacial score (nSPS) is 14.3. The molecule has 3 rings (SSSR count). The lowest BCUT2D eigenvalue weighted by Crippen LogP contribution is -2.49. The van der Waals surface area contributed by atoms with Crippen LogP contribution in [0.1, 0.15) is 6.92 Å². The number of halogens is 1. The second-order valence-corrected chi connectivity index (χ2v) is 5.89. The number of hydrogen-bond donors (Lipinski definition) is 1. The number of nitrogens with zero attached hydrogens (tertiary/aromatic N) is 5. The summed E-state index contributed by atoms with van der Waals surface area (Å²) in [5.74, 6) is 1.11. The van der Waals surface area contributed by atoms with Crippen molar-refractivity contribution in [2.45, 2.75) is 6.92 Å². The second kappa shape index (κ2) is 7.98. The molecule has 0 bridgehead atoms. The zero-order chi connectivity index (χ0) is 17.6. The molecule has 0 spiro atoms. The Hall–Kier alpha value is -2.61. The summed E-state index contributed by atoms with van der Waals surface area (Å²) >= 11 is 5.99. The largest absolute Gasteiger partial charge is 0.450 e. The van der Waals surface area contributed by atoms with Crippen molar-refractivity contribution in [3.8, 4) is 0 Å². The van der Waals surface area contributed by atoms with Crippen molar-refractivity contribution in [3.05, 3.63) is 35.5 Å². The molecular formula is C16H19ClN6O2. The maximum atomic E-state index is 11.7. The van der Waals surface area contributed by atoms with Crippen LogP contribution in [-0.2, 0) is 4.74 Å². The van der Waals surface area contributed by atoms with E-state index in [-0.39, 0.29) is 6.09 Å². The van der Waals surface area contributed by atoms with E-state index in [2.05, 4.69) is 20.5 Å². The molecule has 1 aliphatic rings. The van der Waals surface area contributed by atoms with Crippen molar-refractivity contribution in [1.29, 1.82) is 0 Å². The van der Waals surface area contributed by atoms with Crippen molar-refractivity contribution in [2.24, 2.45) is 0 Å². The van der Waals surface area contributed by atoms with Crippen LogP contribution < -0.4 is 10.2 Å². The summed E-state index contributed by atoms with van der Waals surface area (Å²) in [6, 6.07) is 7.36. The summed E-state index contributed by atoms with van der Waals surface area (Å²) < 4.78 is 5.02. The first-order chi connectivity index (χ1) is 12.2. The van der Waals surface area contributed by atoms with Gasteiger partial charge >= 0.3 is 6.09 Å². The first kappa shape index (κ1) is 17.2. The Balaban J connectivity index is 1.63. The molecule has 0 atom stereocenters. The van der Waals surface area contributed by atoms with Crippen molar-refractivity contribution in [2.75, 3.05) is 43.0 Å². The van der Waals surface area contributed by atoms with Crippen molar-refractivity contribution < 1.29 is 9.53 Å². The maximum Gasteiger partial charge on any atom is 0.409 e. The van der Waals surface area contributed by atoms with Gasteiger partial charge in [-0.3, -0.25) is 0 Å². The minimum absolute atomic E-state index is 0.280. The highest BCUT2D eigenvalue weighted by atomic mass is 35.5. The number of anilines is 3. The van der Waals surface area contributed by atoms with E-state index in [1.165, 1.54) is 0 Å². The van der Waals surface area contributed by atoms with Crippen LogP contribution in [0.15, 0.2) is 30.5 Å². The van der Waals surface area contributed by atoms with Crippen LogP contribution in [0.5, 0.6) is 0 Å². The number of amides is 1. The lowest BCUT2D eigenvalue weighted by atomic mass is 10.3. The molecule has 8 nitrogen and oxygen atoms in total. The van der Waals surface area contributed by atoms with Gasteiger partial charge in [0.05, 0.1) is 12.8 Å². The van der Waals surface area contributed by atoms with Crippen LogP contribution in [0, 0.1) is 0 Å². The van der Waals surface area contributed by atoms with Gasteiger partial charge in [0.15, 0.2) is 5.82 Å². The van der Waals surface area contributed by atoms with Gasteiger partial charge in [0, 0.05) is 36.9 Å². The Kier molecular flexibility index (Phi) is 5.49. The summed E-state index contributed by atoms with van der Waals surface area (Å²) in [7, 11) is 0. The van der Waals surface area contributed by atoms with Gasteiger partial charge in [-0.2, -0.15) is 10.1 Å². The molecule has 1 saturated heterocycles. The summed E-state index contributed by atoms with van der Waals surface area (Å²) in [6.45, 7) is 4.56. The standard InChI is InChI=1S/C16H19ClN6O2/c1-2-25-16(24)23-8-6-22(7-9-23)15-20-14(11-18-21-15)19-13-5-3-4-12(17)10-13/h3-5,10-11H,2,6-9H2,1H3,(H,19,20,21). The number of carbonyl (C=O) groups excluding carboxylic acids is 1. The fourth-order valence-electron chi connectivity index (χ4n) is 2.51. The fourth-order valence-corrected chi connectivity index (χ4v) is 2.70. The molecule has 1 fully saturated rings. The van der Waals surface area contributed by atoms with Crippen molar-refractivity contribution in [3.63, 3.8) is 0 Å². The van der Waals surface area contributed by atoms with Crippen LogP contribution in [0.25, 0.3) is 0 Å². The first-order valence-electron chi connectivity index (χ1n) is 8.04. The number of rotatable bonds is 4. The van der Waals surface area contributed by atoms with E-state index >= 15 is 0 Å². The Morgan fingerprint density at radius 2 is 2.12 bits per heavy atom. The van der Waals surface area contributed by atoms with Crippen LogP contribution in [0.2, 0.25) is 5.02 Å². The van der Waals surface area contributed by atoms with Gasteiger partial charge in [-0.15, -0.1) is 5.10 Å². The molecule has 1 aliphatic heterocycles. The maximum absolute atomic E-state index is 11.7. The lowest BCUT2D eigenvalue weighted by molar-refractivity contribution is 0.105. The van der Waals surface area contributed by atoms with Crippen LogP contribution in [-0.4, -0.2) is 59.0 Å². The number of carbonyl (C=O) groups is 1. The fraction of sp³-hybridized carbons (Fsp3) is 0.375. The monoisotopic (exact) mass is 362 g/mol. The first-order valence-corrected chi connectivity index (χ1v) is 8.42. The Morgan fingerprint density at radius 1 is 1.32 bits per heavy atom. The average Bonchev–Trinajstić information content (AvgIpc) is 2.62. The number of benzene rings is 1. The van der Waals surface area contributed by atoms with Gasteiger partial charge in [0.2, 0.25) is 5.95 Å². The zero-order valence-corrected chi connectivity index (χ0v) is 14.6. The van der Waals surface area contributed by atoms with E-state index in [4.69, 9.17) is 16.3 Å². The molecule has 1 N–H and O–H groups in total. The van der Waals surface area contributed by atoms with Crippen molar-refractivity contribution >= 4 is 35.1 Å². The van der Waals surface area contributed by atoms with Crippen molar-refractivity contribution in [1.82, 2.24) is 20.1 Å². The highest BCUT2D eigenvalue weighted by Gasteiger charge is 2.23. The number of piperazine rings is 1. The Morgan fingerprint density at radius 3 is 2.84 bits per heavy atom. The third kappa shape index (κ3) is 4.48. The minimum Gasteiger partial charge on any atom is -0.450 e. The average molecular weight is 363 g/mol. The van der Waals surface area contributed by atoms with E-state index in [1.54, 1.807) is 30.2 Å². The molecular weight excluding hydrogens is 344 g/mol. The molecule has 1 amide bonds.